The molecule has 0 aliphatic heterocycles. The molecule has 0 heterocycles. The standard InChI is InChI=1S/C12H16BrNO2/c1-8(2)16-12(15)7-14-11-5-4-10(13)6-9(11)3/h4-6,8,14H,7H2,1-3H3. The average molecular weight is 286 g/mol. The van der Waals surface area contributed by atoms with E-state index in [0.717, 1.165) is 15.7 Å². The Kier molecular flexibility index (Phi) is 4.80. The largest absolute Gasteiger partial charge is 0.462 e. The number of anilines is 1. The number of carbonyl (C=O) groups excluding carboxylic acids is 1. The predicted octanol–water partition coefficient (Wildman–Crippen LogP) is 3.12. The Bertz CT molecular complexity index is 377. The highest BCUT2D eigenvalue weighted by Crippen LogP contribution is 2.19. The first kappa shape index (κ1) is 13.0. The van der Waals surface area contributed by atoms with Crippen LogP contribution in [0.15, 0.2) is 22.7 Å². The lowest BCUT2D eigenvalue weighted by Crippen LogP contribution is -2.20. The van der Waals surface area contributed by atoms with E-state index in [-0.39, 0.29) is 18.6 Å². The van der Waals surface area contributed by atoms with Crippen molar-refractivity contribution in [3.05, 3.63) is 28.2 Å². The second-order valence-electron chi connectivity index (χ2n) is 3.85. The maximum Gasteiger partial charge on any atom is 0.325 e. The highest BCUT2D eigenvalue weighted by molar-refractivity contribution is 9.10. The SMILES string of the molecule is Cc1cc(Br)ccc1NCC(=O)OC(C)C. The van der Waals surface area contributed by atoms with E-state index in [1.165, 1.54) is 0 Å². The number of aryl methyl sites for hydroxylation is 1. The van der Waals surface area contributed by atoms with E-state index in [1.54, 1.807) is 0 Å². The fourth-order valence-electron chi connectivity index (χ4n) is 1.30. The first-order valence-electron chi connectivity index (χ1n) is 5.18. The summed E-state index contributed by atoms with van der Waals surface area (Å²) in [5, 5.41) is 3.05. The summed E-state index contributed by atoms with van der Waals surface area (Å²) in [6, 6.07) is 5.86. The first-order valence-corrected chi connectivity index (χ1v) is 5.98. The molecular formula is C12H16BrNO2. The van der Waals surface area contributed by atoms with Gasteiger partial charge in [0.2, 0.25) is 0 Å². The van der Waals surface area contributed by atoms with Crippen LogP contribution >= 0.6 is 15.9 Å². The van der Waals surface area contributed by atoms with Gasteiger partial charge in [-0.2, -0.15) is 0 Å². The molecule has 0 spiro atoms. The van der Waals surface area contributed by atoms with Crippen molar-refractivity contribution in [1.82, 2.24) is 0 Å². The lowest BCUT2D eigenvalue weighted by atomic mass is 10.2. The van der Waals surface area contributed by atoms with Crippen LogP contribution in [0.25, 0.3) is 0 Å². The normalized spacial score (nSPS) is 10.3. The summed E-state index contributed by atoms with van der Waals surface area (Å²) >= 11 is 3.39. The molecule has 0 bridgehead atoms. The second kappa shape index (κ2) is 5.89. The molecule has 1 aromatic carbocycles. The van der Waals surface area contributed by atoms with Gasteiger partial charge in [0.1, 0.15) is 6.54 Å². The smallest absolute Gasteiger partial charge is 0.325 e. The molecule has 4 heteroatoms. The molecule has 0 saturated carbocycles. The molecule has 0 saturated heterocycles. The number of esters is 1. The number of nitrogens with one attached hydrogen (secondary N) is 1. The summed E-state index contributed by atoms with van der Waals surface area (Å²) in [5.74, 6) is -0.239. The number of ether oxygens (including phenoxy) is 1. The molecule has 3 nitrogen and oxygen atoms in total. The number of hydrogen-bond donors (Lipinski definition) is 1. The molecule has 16 heavy (non-hydrogen) atoms. The number of halogens is 1. The van der Waals surface area contributed by atoms with E-state index < -0.39 is 0 Å². The highest BCUT2D eigenvalue weighted by Gasteiger charge is 2.06. The van der Waals surface area contributed by atoms with Gasteiger partial charge in [0.05, 0.1) is 6.10 Å². The predicted molar refractivity (Wildman–Crippen MR) is 68.6 cm³/mol. The van der Waals surface area contributed by atoms with Crippen LogP contribution in [0, 0.1) is 6.92 Å². The van der Waals surface area contributed by atoms with Crippen molar-refractivity contribution in [1.29, 1.82) is 0 Å². The Morgan fingerprint density at radius 1 is 1.50 bits per heavy atom. The zero-order chi connectivity index (χ0) is 12.1. The summed E-state index contributed by atoms with van der Waals surface area (Å²) in [4.78, 5) is 11.3. The Balaban J connectivity index is 2.51. The minimum atomic E-state index is -0.239. The summed E-state index contributed by atoms with van der Waals surface area (Å²) < 4.78 is 6.05. The lowest BCUT2D eigenvalue weighted by molar-refractivity contribution is -0.145. The first-order chi connectivity index (χ1) is 7.49. The number of hydrogen-bond acceptors (Lipinski definition) is 3. The second-order valence-corrected chi connectivity index (χ2v) is 4.77. The minimum Gasteiger partial charge on any atom is -0.462 e. The summed E-state index contributed by atoms with van der Waals surface area (Å²) in [6.07, 6.45) is -0.0692. The Hall–Kier alpha value is -1.03. The molecule has 0 fully saturated rings. The van der Waals surface area contributed by atoms with Crippen LogP contribution in [-0.4, -0.2) is 18.6 Å². The molecule has 0 atom stereocenters. The van der Waals surface area contributed by atoms with Gasteiger partial charge in [-0.25, -0.2) is 0 Å². The highest BCUT2D eigenvalue weighted by atomic mass is 79.9. The van der Waals surface area contributed by atoms with Crippen LogP contribution in [0.4, 0.5) is 5.69 Å². The molecule has 1 aromatic rings. The fourth-order valence-corrected chi connectivity index (χ4v) is 1.77. The van der Waals surface area contributed by atoms with Crippen molar-refractivity contribution in [2.24, 2.45) is 0 Å². The molecule has 88 valence electrons. The zero-order valence-corrected chi connectivity index (χ0v) is 11.3. The Labute approximate surface area is 104 Å². The summed E-state index contributed by atoms with van der Waals surface area (Å²) in [6.45, 7) is 5.85. The summed E-state index contributed by atoms with van der Waals surface area (Å²) in [7, 11) is 0. The van der Waals surface area contributed by atoms with Crippen LogP contribution in [0.3, 0.4) is 0 Å². The van der Waals surface area contributed by atoms with E-state index >= 15 is 0 Å². The molecule has 0 aromatic heterocycles. The molecular weight excluding hydrogens is 270 g/mol. The van der Waals surface area contributed by atoms with Crippen LogP contribution in [0.5, 0.6) is 0 Å². The van der Waals surface area contributed by atoms with Gasteiger partial charge in [-0.05, 0) is 44.5 Å². The lowest BCUT2D eigenvalue weighted by Gasteiger charge is -2.11. The van der Waals surface area contributed by atoms with Gasteiger partial charge in [0.25, 0.3) is 0 Å². The Morgan fingerprint density at radius 2 is 2.19 bits per heavy atom. The number of benzene rings is 1. The maximum atomic E-state index is 11.3. The van der Waals surface area contributed by atoms with E-state index in [0.29, 0.717) is 0 Å². The average Bonchev–Trinajstić information content (AvgIpc) is 2.15. The number of carbonyl (C=O) groups is 1. The van der Waals surface area contributed by atoms with Gasteiger partial charge in [0.15, 0.2) is 0 Å². The van der Waals surface area contributed by atoms with E-state index in [9.17, 15) is 4.79 Å². The molecule has 0 radical (unpaired) electrons. The molecule has 1 rings (SSSR count). The van der Waals surface area contributed by atoms with Crippen LogP contribution in [-0.2, 0) is 9.53 Å². The van der Waals surface area contributed by atoms with Gasteiger partial charge < -0.3 is 10.1 Å². The van der Waals surface area contributed by atoms with Crippen molar-refractivity contribution in [2.45, 2.75) is 26.9 Å². The zero-order valence-electron chi connectivity index (χ0n) is 9.71. The van der Waals surface area contributed by atoms with Crippen LogP contribution in [0.1, 0.15) is 19.4 Å². The minimum absolute atomic E-state index is 0.0692. The molecule has 1 N–H and O–H groups in total. The van der Waals surface area contributed by atoms with E-state index in [2.05, 4.69) is 21.2 Å². The van der Waals surface area contributed by atoms with Crippen molar-refractivity contribution >= 4 is 27.6 Å². The quantitative estimate of drug-likeness (QED) is 0.864. The fraction of sp³-hybridized carbons (Fsp3) is 0.417. The van der Waals surface area contributed by atoms with E-state index in [4.69, 9.17) is 4.74 Å². The van der Waals surface area contributed by atoms with Crippen molar-refractivity contribution < 1.29 is 9.53 Å². The van der Waals surface area contributed by atoms with Gasteiger partial charge in [-0.1, -0.05) is 15.9 Å². The third kappa shape index (κ3) is 4.23. The van der Waals surface area contributed by atoms with Crippen molar-refractivity contribution in [2.75, 3.05) is 11.9 Å². The molecule has 0 amide bonds. The van der Waals surface area contributed by atoms with Gasteiger partial charge in [-0.3, -0.25) is 4.79 Å². The monoisotopic (exact) mass is 285 g/mol. The molecule has 0 unspecified atom stereocenters. The van der Waals surface area contributed by atoms with E-state index in [1.807, 2.05) is 39.0 Å². The molecule has 0 aliphatic rings. The third-order valence-corrected chi connectivity index (χ3v) is 2.47. The maximum absolute atomic E-state index is 11.3. The van der Waals surface area contributed by atoms with Crippen LogP contribution < -0.4 is 5.32 Å². The van der Waals surface area contributed by atoms with Gasteiger partial charge in [0, 0.05) is 10.2 Å². The van der Waals surface area contributed by atoms with Gasteiger partial charge in [-0.15, -0.1) is 0 Å². The van der Waals surface area contributed by atoms with Gasteiger partial charge >= 0.3 is 5.97 Å². The molecule has 0 aliphatic carbocycles. The number of rotatable bonds is 4. The summed E-state index contributed by atoms with van der Waals surface area (Å²) in [5.41, 5.74) is 2.04. The third-order valence-electron chi connectivity index (χ3n) is 1.98. The van der Waals surface area contributed by atoms with Crippen molar-refractivity contribution in [3.63, 3.8) is 0 Å². The Morgan fingerprint density at radius 3 is 2.75 bits per heavy atom. The topological polar surface area (TPSA) is 38.3 Å². The van der Waals surface area contributed by atoms with Crippen LogP contribution in [0.2, 0.25) is 0 Å². The van der Waals surface area contributed by atoms with Crippen molar-refractivity contribution in [3.8, 4) is 0 Å².